The summed E-state index contributed by atoms with van der Waals surface area (Å²) in [5.41, 5.74) is 4.37. The summed E-state index contributed by atoms with van der Waals surface area (Å²) in [5.74, 6) is 4.18. The minimum absolute atomic E-state index is 0.108. The van der Waals surface area contributed by atoms with Gasteiger partial charge in [-0.2, -0.15) is 0 Å². The molecule has 0 aliphatic carbocycles. The van der Waals surface area contributed by atoms with Crippen molar-refractivity contribution in [2.24, 2.45) is 17.8 Å². The van der Waals surface area contributed by atoms with Gasteiger partial charge in [0.25, 0.3) is 0 Å². The zero-order valence-corrected chi connectivity index (χ0v) is 30.4. The van der Waals surface area contributed by atoms with Gasteiger partial charge in [-0.25, -0.2) is 0 Å². The van der Waals surface area contributed by atoms with Gasteiger partial charge in [-0.05, 0) is 109 Å². The molecule has 1 aliphatic heterocycles. The van der Waals surface area contributed by atoms with Crippen LogP contribution in [0.5, 0.6) is 11.5 Å². The fraction of sp³-hybridized carbons (Fsp3) is 0.821. The van der Waals surface area contributed by atoms with E-state index in [1.807, 2.05) is 0 Å². The van der Waals surface area contributed by atoms with Crippen LogP contribution < -0.4 is 9.47 Å². The molecule has 0 unspecified atom stereocenters. The first-order valence-electron chi connectivity index (χ1n) is 18.2. The van der Waals surface area contributed by atoms with Gasteiger partial charge in [0.1, 0.15) is 17.1 Å². The Morgan fingerprint density at radius 1 is 0.814 bits per heavy atom. The van der Waals surface area contributed by atoms with E-state index in [2.05, 4.69) is 76.2 Å². The van der Waals surface area contributed by atoms with Crippen molar-refractivity contribution < 1.29 is 18.8 Å². The summed E-state index contributed by atoms with van der Waals surface area (Å²) < 4.78 is 13.9. The molecule has 0 fully saturated rings. The second-order valence-electron chi connectivity index (χ2n) is 15.0. The molecule has 0 bridgehead atoms. The molecular formula is C39H70NO3+. The Hall–Kier alpha value is -1.55. The summed E-state index contributed by atoms with van der Waals surface area (Å²) in [6, 6.07) is 0. The fourth-order valence-corrected chi connectivity index (χ4v) is 7.28. The molecule has 248 valence electrons. The molecule has 2 rings (SSSR count). The summed E-state index contributed by atoms with van der Waals surface area (Å²) >= 11 is 0. The summed E-state index contributed by atoms with van der Waals surface area (Å²) in [5, 5.41) is 0. The van der Waals surface area contributed by atoms with E-state index in [4.69, 9.17) is 9.47 Å². The number of quaternary nitrogens is 1. The van der Waals surface area contributed by atoms with Crippen LogP contribution in [0.1, 0.15) is 155 Å². The lowest BCUT2D eigenvalue weighted by Gasteiger charge is -2.38. The van der Waals surface area contributed by atoms with E-state index < -0.39 is 0 Å². The Morgan fingerprint density at radius 3 is 1.93 bits per heavy atom. The molecule has 1 aromatic carbocycles. The van der Waals surface area contributed by atoms with Gasteiger partial charge < -0.3 is 14.0 Å². The highest BCUT2D eigenvalue weighted by Crippen LogP contribution is 2.45. The molecule has 0 saturated carbocycles. The first-order chi connectivity index (χ1) is 20.3. The monoisotopic (exact) mass is 601 g/mol. The molecule has 0 radical (unpaired) electrons. The maximum absolute atomic E-state index is 12.9. The third kappa shape index (κ3) is 11.4. The van der Waals surface area contributed by atoms with Crippen LogP contribution >= 0.6 is 0 Å². The quantitative estimate of drug-likeness (QED) is 0.0848. The van der Waals surface area contributed by atoms with Crippen molar-refractivity contribution in [3.8, 4) is 11.5 Å². The highest BCUT2D eigenvalue weighted by molar-refractivity contribution is 5.74. The average Bonchev–Trinajstić information content (AvgIpc) is 2.96. The standard InChI is InChI=1S/C39H70NO3/c1-12-40(13-2,14-3)28-18-24-36(41)42-37-32(8)33(9)38-35(34(37)10)25-27-39(11,43-38)26-17-23-31(7)22-16-21-30(6)20-15-19-29(4)5/h29-31H,12-28H2,1-11H3/q+1/t30-,31-,39-/m1/s1. The van der Waals surface area contributed by atoms with Crippen LogP contribution in [-0.4, -0.2) is 42.2 Å². The number of carbonyl (C=O) groups excluding carboxylic acids is 1. The number of hydrogen-bond acceptors (Lipinski definition) is 3. The SMILES string of the molecule is CC[N+](CC)(CC)CCCC(=O)Oc1c(C)c(C)c2c(c1C)CC[C@@](C)(CCC[C@H](C)CCC[C@H](C)CCCC(C)C)O2. The number of nitrogens with zero attached hydrogens (tertiary/aromatic N) is 1. The Labute approximate surface area is 267 Å². The van der Waals surface area contributed by atoms with Gasteiger partial charge in [0.2, 0.25) is 0 Å². The number of fused-ring (bicyclic) bond motifs is 1. The molecule has 43 heavy (non-hydrogen) atoms. The number of rotatable bonds is 20. The molecule has 1 aromatic rings. The molecule has 0 amide bonds. The highest BCUT2D eigenvalue weighted by atomic mass is 16.5. The van der Waals surface area contributed by atoms with Crippen LogP contribution in [-0.2, 0) is 11.2 Å². The van der Waals surface area contributed by atoms with Crippen molar-refractivity contribution in [1.82, 2.24) is 0 Å². The zero-order chi connectivity index (χ0) is 32.2. The van der Waals surface area contributed by atoms with E-state index in [0.717, 1.165) is 102 Å². The van der Waals surface area contributed by atoms with Gasteiger partial charge in [0.05, 0.1) is 32.6 Å². The lowest BCUT2D eigenvalue weighted by atomic mass is 9.83. The zero-order valence-electron chi connectivity index (χ0n) is 30.4. The van der Waals surface area contributed by atoms with E-state index in [1.165, 1.54) is 56.9 Å². The predicted molar refractivity (Wildman–Crippen MR) is 184 cm³/mol. The minimum Gasteiger partial charge on any atom is -0.487 e. The van der Waals surface area contributed by atoms with Gasteiger partial charge in [0.15, 0.2) is 0 Å². The first kappa shape index (κ1) is 37.6. The van der Waals surface area contributed by atoms with Crippen LogP contribution in [0, 0.1) is 38.5 Å². The smallest absolute Gasteiger partial charge is 0.311 e. The maximum atomic E-state index is 12.9. The van der Waals surface area contributed by atoms with Gasteiger partial charge in [-0.15, -0.1) is 0 Å². The van der Waals surface area contributed by atoms with E-state index in [-0.39, 0.29) is 11.6 Å². The third-order valence-corrected chi connectivity index (χ3v) is 11.1. The van der Waals surface area contributed by atoms with Gasteiger partial charge >= 0.3 is 5.97 Å². The molecule has 1 heterocycles. The van der Waals surface area contributed by atoms with E-state index in [9.17, 15) is 4.79 Å². The van der Waals surface area contributed by atoms with Gasteiger partial charge in [0, 0.05) is 12.0 Å². The second kappa shape index (κ2) is 17.8. The molecule has 1 aliphatic rings. The van der Waals surface area contributed by atoms with Crippen molar-refractivity contribution in [1.29, 1.82) is 0 Å². The van der Waals surface area contributed by atoms with E-state index in [0.29, 0.717) is 6.42 Å². The molecule has 3 atom stereocenters. The van der Waals surface area contributed by atoms with Crippen molar-refractivity contribution in [2.45, 2.75) is 165 Å². The lowest BCUT2D eigenvalue weighted by molar-refractivity contribution is -0.923. The molecule has 0 N–H and O–H groups in total. The maximum Gasteiger partial charge on any atom is 0.311 e. The van der Waals surface area contributed by atoms with Crippen molar-refractivity contribution in [3.05, 3.63) is 22.3 Å². The molecule has 4 heteroatoms. The number of hydrogen-bond donors (Lipinski definition) is 0. The Morgan fingerprint density at radius 2 is 1.37 bits per heavy atom. The normalized spacial score (nSPS) is 18.3. The average molecular weight is 601 g/mol. The fourth-order valence-electron chi connectivity index (χ4n) is 7.28. The Bertz CT molecular complexity index is 987. The van der Waals surface area contributed by atoms with Crippen LogP contribution in [0.3, 0.4) is 0 Å². The van der Waals surface area contributed by atoms with Crippen molar-refractivity contribution in [3.63, 3.8) is 0 Å². The molecule has 0 spiro atoms. The summed E-state index contributed by atoms with van der Waals surface area (Å²) in [6.07, 6.45) is 15.2. The van der Waals surface area contributed by atoms with Crippen LogP contribution in [0.25, 0.3) is 0 Å². The number of esters is 1. The predicted octanol–water partition coefficient (Wildman–Crippen LogP) is 10.7. The van der Waals surface area contributed by atoms with Gasteiger partial charge in [-0.3, -0.25) is 4.79 Å². The number of benzene rings is 1. The van der Waals surface area contributed by atoms with Crippen LogP contribution in [0.4, 0.5) is 0 Å². The Balaban J connectivity index is 1.88. The van der Waals surface area contributed by atoms with Crippen molar-refractivity contribution >= 4 is 5.97 Å². The second-order valence-corrected chi connectivity index (χ2v) is 15.0. The number of ether oxygens (including phenoxy) is 2. The largest absolute Gasteiger partial charge is 0.487 e. The molecule has 0 aromatic heterocycles. The Kier molecular flexibility index (Phi) is 15.6. The summed E-state index contributed by atoms with van der Waals surface area (Å²) in [7, 11) is 0. The van der Waals surface area contributed by atoms with E-state index in [1.54, 1.807) is 0 Å². The third-order valence-electron chi connectivity index (χ3n) is 11.1. The van der Waals surface area contributed by atoms with Crippen LogP contribution in [0.2, 0.25) is 0 Å². The van der Waals surface area contributed by atoms with Crippen LogP contribution in [0.15, 0.2) is 0 Å². The lowest BCUT2D eigenvalue weighted by Crippen LogP contribution is -2.48. The summed E-state index contributed by atoms with van der Waals surface area (Å²) in [6.45, 7) is 29.3. The minimum atomic E-state index is -0.123. The molecule has 0 saturated heterocycles. The molecular weight excluding hydrogens is 530 g/mol. The molecule has 4 nitrogen and oxygen atoms in total. The summed E-state index contributed by atoms with van der Waals surface area (Å²) in [4.78, 5) is 12.9. The first-order valence-corrected chi connectivity index (χ1v) is 18.2. The topological polar surface area (TPSA) is 35.5 Å². The highest BCUT2D eigenvalue weighted by Gasteiger charge is 2.35. The van der Waals surface area contributed by atoms with E-state index >= 15 is 0 Å². The van der Waals surface area contributed by atoms with Crippen molar-refractivity contribution in [2.75, 3.05) is 26.2 Å². The van der Waals surface area contributed by atoms with Gasteiger partial charge in [-0.1, -0.05) is 72.6 Å². The number of carbonyl (C=O) groups is 1.